The first kappa shape index (κ1) is 15.4. The summed E-state index contributed by atoms with van der Waals surface area (Å²) in [7, 11) is -3.87. The SMILES string of the molecule is Cc1ccc(F)c(S(=O)(=O)NC2CCCCCC2N)c1. The van der Waals surface area contributed by atoms with E-state index in [9.17, 15) is 12.8 Å². The van der Waals surface area contributed by atoms with Gasteiger partial charge in [-0.2, -0.15) is 0 Å². The topological polar surface area (TPSA) is 72.2 Å². The molecule has 20 heavy (non-hydrogen) atoms. The van der Waals surface area contributed by atoms with Crippen LogP contribution in [0.5, 0.6) is 0 Å². The highest BCUT2D eigenvalue weighted by molar-refractivity contribution is 7.89. The molecule has 1 aromatic rings. The van der Waals surface area contributed by atoms with E-state index < -0.39 is 15.8 Å². The van der Waals surface area contributed by atoms with Crippen molar-refractivity contribution in [2.75, 3.05) is 0 Å². The second-order valence-electron chi connectivity index (χ2n) is 5.46. The molecule has 3 N–H and O–H groups in total. The van der Waals surface area contributed by atoms with E-state index in [1.54, 1.807) is 13.0 Å². The van der Waals surface area contributed by atoms with Crippen LogP contribution in [-0.4, -0.2) is 20.5 Å². The fraction of sp³-hybridized carbons (Fsp3) is 0.571. The fourth-order valence-corrected chi connectivity index (χ4v) is 4.05. The molecular formula is C14H21FN2O2S. The molecule has 1 aromatic carbocycles. The number of nitrogens with two attached hydrogens (primary N) is 1. The summed E-state index contributed by atoms with van der Waals surface area (Å²) in [6.07, 6.45) is 4.51. The third kappa shape index (κ3) is 3.56. The minimum Gasteiger partial charge on any atom is -0.326 e. The lowest BCUT2D eigenvalue weighted by Gasteiger charge is -2.22. The standard InChI is InChI=1S/C14H21FN2O2S/c1-10-7-8-11(15)14(9-10)20(18,19)17-13-6-4-2-3-5-12(13)16/h7-9,12-13,17H,2-6,16H2,1H3. The van der Waals surface area contributed by atoms with Crippen molar-refractivity contribution < 1.29 is 12.8 Å². The number of sulfonamides is 1. The Kier molecular flexibility index (Phi) is 4.78. The van der Waals surface area contributed by atoms with Gasteiger partial charge in [-0.3, -0.25) is 0 Å². The van der Waals surface area contributed by atoms with Crippen LogP contribution in [0.4, 0.5) is 4.39 Å². The van der Waals surface area contributed by atoms with E-state index in [2.05, 4.69) is 4.72 Å². The van der Waals surface area contributed by atoms with Gasteiger partial charge in [-0.25, -0.2) is 17.5 Å². The highest BCUT2D eigenvalue weighted by atomic mass is 32.2. The molecule has 1 saturated carbocycles. The Morgan fingerprint density at radius 2 is 1.95 bits per heavy atom. The molecule has 0 spiro atoms. The normalized spacial score (nSPS) is 24.4. The van der Waals surface area contributed by atoms with Crippen molar-refractivity contribution in [2.45, 2.75) is 56.0 Å². The van der Waals surface area contributed by atoms with Crippen LogP contribution in [0.3, 0.4) is 0 Å². The molecule has 0 saturated heterocycles. The van der Waals surface area contributed by atoms with Gasteiger partial charge < -0.3 is 5.73 Å². The molecule has 1 aliphatic carbocycles. The Morgan fingerprint density at radius 3 is 2.70 bits per heavy atom. The average Bonchev–Trinajstić information content (AvgIpc) is 2.57. The zero-order valence-corrected chi connectivity index (χ0v) is 12.4. The zero-order valence-electron chi connectivity index (χ0n) is 11.6. The summed E-state index contributed by atoms with van der Waals surface area (Å²) < 4.78 is 41.0. The Hall–Kier alpha value is -0.980. The van der Waals surface area contributed by atoms with Gasteiger partial charge in [0, 0.05) is 12.1 Å². The van der Waals surface area contributed by atoms with Crippen molar-refractivity contribution >= 4 is 10.0 Å². The summed E-state index contributed by atoms with van der Waals surface area (Å²) in [6.45, 7) is 1.73. The molecule has 0 amide bonds. The number of halogens is 1. The summed E-state index contributed by atoms with van der Waals surface area (Å²) in [4.78, 5) is -0.297. The van der Waals surface area contributed by atoms with Gasteiger partial charge in [-0.15, -0.1) is 0 Å². The van der Waals surface area contributed by atoms with E-state index in [1.807, 2.05) is 0 Å². The molecule has 0 radical (unpaired) electrons. The van der Waals surface area contributed by atoms with Gasteiger partial charge in [0.25, 0.3) is 0 Å². The van der Waals surface area contributed by atoms with Crippen LogP contribution in [0, 0.1) is 12.7 Å². The molecule has 6 heteroatoms. The molecule has 112 valence electrons. The molecule has 2 atom stereocenters. The highest BCUT2D eigenvalue weighted by Gasteiger charge is 2.27. The number of hydrogen-bond acceptors (Lipinski definition) is 3. The first-order valence-corrected chi connectivity index (χ1v) is 8.42. The van der Waals surface area contributed by atoms with E-state index in [1.165, 1.54) is 12.1 Å². The van der Waals surface area contributed by atoms with Crippen LogP contribution >= 0.6 is 0 Å². The second-order valence-corrected chi connectivity index (χ2v) is 7.15. The minimum absolute atomic E-state index is 0.208. The van der Waals surface area contributed by atoms with E-state index in [0.29, 0.717) is 12.0 Å². The lowest BCUT2D eigenvalue weighted by Crippen LogP contribution is -2.47. The van der Waals surface area contributed by atoms with Gasteiger partial charge in [0.15, 0.2) is 0 Å². The van der Waals surface area contributed by atoms with Gasteiger partial charge in [-0.05, 0) is 37.5 Å². The highest BCUT2D eigenvalue weighted by Crippen LogP contribution is 2.21. The monoisotopic (exact) mass is 300 g/mol. The maximum atomic E-state index is 13.7. The third-order valence-corrected chi connectivity index (χ3v) is 5.26. The largest absolute Gasteiger partial charge is 0.326 e. The molecular weight excluding hydrogens is 279 g/mol. The van der Waals surface area contributed by atoms with E-state index >= 15 is 0 Å². The van der Waals surface area contributed by atoms with Gasteiger partial charge >= 0.3 is 0 Å². The predicted molar refractivity (Wildman–Crippen MR) is 76.3 cm³/mol. The molecule has 0 aliphatic heterocycles. The van der Waals surface area contributed by atoms with Crippen LogP contribution in [0.15, 0.2) is 23.1 Å². The Bertz CT molecular complexity index is 575. The smallest absolute Gasteiger partial charge is 0.243 e. The van der Waals surface area contributed by atoms with Crippen LogP contribution in [0.25, 0.3) is 0 Å². The van der Waals surface area contributed by atoms with Crippen molar-refractivity contribution in [1.82, 2.24) is 4.72 Å². The number of benzene rings is 1. The van der Waals surface area contributed by atoms with Gasteiger partial charge in [0.2, 0.25) is 10.0 Å². The summed E-state index contributed by atoms with van der Waals surface area (Å²) in [5.74, 6) is -0.731. The first-order valence-electron chi connectivity index (χ1n) is 6.94. The molecule has 4 nitrogen and oxygen atoms in total. The van der Waals surface area contributed by atoms with Crippen LogP contribution in [0.2, 0.25) is 0 Å². The number of hydrogen-bond donors (Lipinski definition) is 2. The summed E-state index contributed by atoms with van der Waals surface area (Å²) in [6, 6.07) is 3.55. The summed E-state index contributed by atoms with van der Waals surface area (Å²) in [5.41, 5.74) is 6.72. The Labute approximate surface area is 119 Å². The maximum Gasteiger partial charge on any atom is 0.243 e. The van der Waals surface area contributed by atoms with Gasteiger partial charge in [0.1, 0.15) is 10.7 Å². The van der Waals surface area contributed by atoms with Crippen molar-refractivity contribution in [3.8, 4) is 0 Å². The molecule has 2 unspecified atom stereocenters. The van der Waals surface area contributed by atoms with Gasteiger partial charge in [-0.1, -0.05) is 25.3 Å². The number of nitrogens with one attached hydrogen (secondary N) is 1. The quantitative estimate of drug-likeness (QED) is 0.839. The van der Waals surface area contributed by atoms with Crippen molar-refractivity contribution in [3.05, 3.63) is 29.6 Å². The molecule has 2 rings (SSSR count). The van der Waals surface area contributed by atoms with E-state index in [0.717, 1.165) is 25.7 Å². The Balaban J connectivity index is 2.24. The lowest BCUT2D eigenvalue weighted by atomic mass is 10.1. The molecule has 0 bridgehead atoms. The lowest BCUT2D eigenvalue weighted by molar-refractivity contribution is 0.454. The maximum absolute atomic E-state index is 13.7. The molecule has 0 aromatic heterocycles. The second kappa shape index (κ2) is 6.20. The van der Waals surface area contributed by atoms with E-state index in [4.69, 9.17) is 5.73 Å². The number of rotatable bonds is 3. The fourth-order valence-electron chi connectivity index (χ4n) is 2.56. The van der Waals surface area contributed by atoms with Crippen LogP contribution < -0.4 is 10.5 Å². The van der Waals surface area contributed by atoms with Crippen LogP contribution in [0.1, 0.15) is 37.7 Å². The Morgan fingerprint density at radius 1 is 1.25 bits per heavy atom. The molecule has 0 heterocycles. The van der Waals surface area contributed by atoms with Crippen molar-refractivity contribution in [2.24, 2.45) is 5.73 Å². The van der Waals surface area contributed by atoms with Crippen molar-refractivity contribution in [3.63, 3.8) is 0 Å². The van der Waals surface area contributed by atoms with Crippen LogP contribution in [-0.2, 0) is 10.0 Å². The summed E-state index contributed by atoms with van der Waals surface area (Å²) >= 11 is 0. The van der Waals surface area contributed by atoms with Crippen molar-refractivity contribution in [1.29, 1.82) is 0 Å². The zero-order chi connectivity index (χ0) is 14.8. The molecule has 1 fully saturated rings. The predicted octanol–water partition coefficient (Wildman–Crippen LogP) is 2.07. The summed E-state index contributed by atoms with van der Waals surface area (Å²) in [5, 5.41) is 0. The third-order valence-electron chi connectivity index (χ3n) is 3.75. The number of aryl methyl sites for hydroxylation is 1. The molecule has 1 aliphatic rings. The van der Waals surface area contributed by atoms with Gasteiger partial charge in [0.05, 0.1) is 0 Å². The first-order chi connectivity index (χ1) is 9.40. The minimum atomic E-state index is -3.87. The average molecular weight is 300 g/mol. The van der Waals surface area contributed by atoms with E-state index in [-0.39, 0.29) is 17.0 Å².